The fourth-order valence-corrected chi connectivity index (χ4v) is 3.33. The first-order valence-electron chi connectivity index (χ1n) is 10.3. The van der Waals surface area contributed by atoms with Crippen LogP contribution in [-0.4, -0.2) is 25.3 Å². The molecular formula is C25H24N2O4. The molecule has 0 aliphatic carbocycles. The summed E-state index contributed by atoms with van der Waals surface area (Å²) in [5.41, 5.74) is 3.97. The van der Waals surface area contributed by atoms with Gasteiger partial charge in [0.1, 0.15) is 5.58 Å². The van der Waals surface area contributed by atoms with E-state index in [0.29, 0.717) is 30.3 Å². The van der Waals surface area contributed by atoms with E-state index >= 15 is 0 Å². The number of fused-ring (bicyclic) bond motifs is 3. The van der Waals surface area contributed by atoms with E-state index in [1.54, 1.807) is 12.3 Å². The van der Waals surface area contributed by atoms with Crippen molar-refractivity contribution in [1.82, 2.24) is 5.43 Å². The summed E-state index contributed by atoms with van der Waals surface area (Å²) in [6.45, 7) is 5.12. The van der Waals surface area contributed by atoms with Gasteiger partial charge >= 0.3 is 5.91 Å². The number of rotatable bonds is 8. The number of amides is 1. The van der Waals surface area contributed by atoms with Crippen molar-refractivity contribution in [1.29, 1.82) is 0 Å². The Labute approximate surface area is 180 Å². The Morgan fingerprint density at radius 1 is 1.00 bits per heavy atom. The second-order valence-electron chi connectivity index (χ2n) is 7.00. The van der Waals surface area contributed by atoms with Gasteiger partial charge in [-0.3, -0.25) is 4.79 Å². The zero-order valence-electron chi connectivity index (χ0n) is 17.6. The highest BCUT2D eigenvalue weighted by atomic mass is 16.5. The lowest BCUT2D eigenvalue weighted by Crippen LogP contribution is -2.16. The summed E-state index contributed by atoms with van der Waals surface area (Å²) in [5, 5.41) is 7.10. The summed E-state index contributed by atoms with van der Waals surface area (Å²) in [4.78, 5) is 12.5. The summed E-state index contributed by atoms with van der Waals surface area (Å²) < 4.78 is 17.1. The van der Waals surface area contributed by atoms with Gasteiger partial charge in [0.2, 0.25) is 0 Å². The summed E-state index contributed by atoms with van der Waals surface area (Å²) in [6.07, 6.45) is 2.47. The predicted octanol–water partition coefficient (Wildman–Crippen LogP) is 5.54. The van der Waals surface area contributed by atoms with E-state index in [4.69, 9.17) is 13.9 Å². The van der Waals surface area contributed by atoms with E-state index in [2.05, 4.69) is 17.5 Å². The van der Waals surface area contributed by atoms with Crippen molar-refractivity contribution in [3.63, 3.8) is 0 Å². The Kier molecular flexibility index (Phi) is 6.17. The molecule has 1 amide bonds. The van der Waals surface area contributed by atoms with Gasteiger partial charge in [0.05, 0.1) is 19.4 Å². The molecule has 0 saturated carbocycles. The Morgan fingerprint density at radius 2 is 1.87 bits per heavy atom. The maximum Gasteiger partial charge on any atom is 0.307 e. The molecule has 4 rings (SSSR count). The number of carbonyl (C=O) groups is 1. The number of carbonyl (C=O) groups excluding carboxylic acids is 1. The molecule has 6 heteroatoms. The molecule has 0 bridgehead atoms. The lowest BCUT2D eigenvalue weighted by molar-refractivity contribution is 0.0929. The van der Waals surface area contributed by atoms with Gasteiger partial charge in [0, 0.05) is 5.39 Å². The molecule has 1 aromatic heterocycles. The number of hydrazone groups is 1. The minimum absolute atomic E-state index is 0.210. The van der Waals surface area contributed by atoms with Gasteiger partial charge in [-0.2, -0.15) is 5.10 Å². The summed E-state index contributed by atoms with van der Waals surface area (Å²) in [6, 6.07) is 19.1. The van der Waals surface area contributed by atoms with Crippen molar-refractivity contribution in [2.24, 2.45) is 5.10 Å². The first kappa shape index (κ1) is 20.5. The van der Waals surface area contributed by atoms with Crippen LogP contribution in [0.4, 0.5) is 0 Å². The molecule has 31 heavy (non-hydrogen) atoms. The molecule has 6 nitrogen and oxygen atoms in total. The number of nitrogens with one attached hydrogen (secondary N) is 1. The third-order valence-corrected chi connectivity index (χ3v) is 4.76. The van der Waals surface area contributed by atoms with Crippen molar-refractivity contribution in [3.8, 4) is 11.5 Å². The van der Waals surface area contributed by atoms with E-state index in [9.17, 15) is 4.79 Å². The molecule has 1 heterocycles. The fraction of sp³-hybridized carbons (Fsp3) is 0.200. The number of benzene rings is 3. The Morgan fingerprint density at radius 3 is 2.71 bits per heavy atom. The van der Waals surface area contributed by atoms with Crippen molar-refractivity contribution in [2.45, 2.75) is 20.3 Å². The monoisotopic (exact) mass is 416 g/mol. The van der Waals surface area contributed by atoms with E-state index in [1.165, 1.54) is 0 Å². The van der Waals surface area contributed by atoms with Gasteiger partial charge in [0.25, 0.3) is 0 Å². The summed E-state index contributed by atoms with van der Waals surface area (Å²) in [7, 11) is 0. The molecule has 0 unspecified atom stereocenters. The van der Waals surface area contributed by atoms with Crippen LogP contribution < -0.4 is 14.9 Å². The van der Waals surface area contributed by atoms with E-state index in [-0.39, 0.29) is 5.76 Å². The minimum atomic E-state index is -0.413. The standard InChI is InChI=1S/C25H24N2O4/c1-3-13-30-22-11-9-17(14-23(22)29-4-2)16-26-27-25(28)24-15-20-19-8-6-5-7-18(19)10-12-21(20)31-24/h5-12,14-16H,3-4,13H2,1-2H3,(H,27,28)/b26-16-. The Bertz CT molecular complexity index is 1240. The topological polar surface area (TPSA) is 73.1 Å². The molecule has 0 radical (unpaired) electrons. The molecule has 0 fully saturated rings. The van der Waals surface area contributed by atoms with Crippen LogP contribution in [0.1, 0.15) is 36.4 Å². The van der Waals surface area contributed by atoms with Crippen LogP contribution in [0, 0.1) is 0 Å². The highest BCUT2D eigenvalue weighted by Crippen LogP contribution is 2.29. The molecule has 0 atom stereocenters. The lowest BCUT2D eigenvalue weighted by atomic mass is 10.1. The smallest absolute Gasteiger partial charge is 0.307 e. The Balaban J connectivity index is 1.49. The highest BCUT2D eigenvalue weighted by molar-refractivity contribution is 6.08. The number of hydrogen-bond donors (Lipinski definition) is 1. The van der Waals surface area contributed by atoms with Gasteiger partial charge in [-0.25, -0.2) is 5.43 Å². The zero-order chi connectivity index (χ0) is 21.6. The molecule has 0 aliphatic rings. The fourth-order valence-electron chi connectivity index (χ4n) is 3.33. The second-order valence-corrected chi connectivity index (χ2v) is 7.00. The van der Waals surface area contributed by atoms with Crippen molar-refractivity contribution >= 4 is 33.9 Å². The molecular weight excluding hydrogens is 392 g/mol. The third kappa shape index (κ3) is 4.53. The first-order chi connectivity index (χ1) is 15.2. The first-order valence-corrected chi connectivity index (χ1v) is 10.3. The van der Waals surface area contributed by atoms with Crippen LogP contribution >= 0.6 is 0 Å². The van der Waals surface area contributed by atoms with E-state index < -0.39 is 5.91 Å². The quantitative estimate of drug-likeness (QED) is 0.302. The molecule has 0 aliphatic heterocycles. The molecule has 3 aromatic carbocycles. The van der Waals surface area contributed by atoms with Crippen LogP contribution in [0.15, 0.2) is 70.2 Å². The van der Waals surface area contributed by atoms with E-state index in [1.807, 2.05) is 61.5 Å². The number of nitrogens with zero attached hydrogens (tertiary/aromatic N) is 1. The number of hydrogen-bond acceptors (Lipinski definition) is 5. The second kappa shape index (κ2) is 9.34. The average molecular weight is 416 g/mol. The number of furan rings is 1. The maximum atomic E-state index is 12.5. The summed E-state index contributed by atoms with van der Waals surface area (Å²) in [5.74, 6) is 1.14. The Hall–Kier alpha value is -3.80. The maximum absolute atomic E-state index is 12.5. The SMILES string of the molecule is CCCOc1ccc(/C=N\NC(=O)c2cc3c(ccc4ccccc43)o2)cc1OCC. The van der Waals surface area contributed by atoms with Crippen LogP contribution in [0.25, 0.3) is 21.7 Å². The van der Waals surface area contributed by atoms with Gasteiger partial charge < -0.3 is 13.9 Å². The predicted molar refractivity (Wildman–Crippen MR) is 122 cm³/mol. The molecule has 1 N–H and O–H groups in total. The van der Waals surface area contributed by atoms with Gasteiger partial charge in [-0.1, -0.05) is 37.3 Å². The summed E-state index contributed by atoms with van der Waals surface area (Å²) >= 11 is 0. The largest absolute Gasteiger partial charge is 0.490 e. The van der Waals surface area contributed by atoms with Crippen molar-refractivity contribution < 1.29 is 18.7 Å². The van der Waals surface area contributed by atoms with Crippen LogP contribution in [0.3, 0.4) is 0 Å². The average Bonchev–Trinajstić information content (AvgIpc) is 3.24. The highest BCUT2D eigenvalue weighted by Gasteiger charge is 2.13. The third-order valence-electron chi connectivity index (χ3n) is 4.76. The van der Waals surface area contributed by atoms with Gasteiger partial charge in [0.15, 0.2) is 17.3 Å². The van der Waals surface area contributed by atoms with Gasteiger partial charge in [-0.15, -0.1) is 0 Å². The molecule has 0 spiro atoms. The van der Waals surface area contributed by atoms with Crippen molar-refractivity contribution in [3.05, 3.63) is 72.0 Å². The molecule has 4 aromatic rings. The van der Waals surface area contributed by atoms with Crippen LogP contribution in [0.2, 0.25) is 0 Å². The van der Waals surface area contributed by atoms with Crippen LogP contribution in [0.5, 0.6) is 11.5 Å². The lowest BCUT2D eigenvalue weighted by Gasteiger charge is -2.11. The normalized spacial score (nSPS) is 11.3. The van der Waals surface area contributed by atoms with Gasteiger partial charge in [-0.05, 0) is 60.0 Å². The molecule has 0 saturated heterocycles. The zero-order valence-corrected chi connectivity index (χ0v) is 17.6. The van der Waals surface area contributed by atoms with Crippen molar-refractivity contribution in [2.75, 3.05) is 13.2 Å². The number of ether oxygens (including phenoxy) is 2. The molecule has 158 valence electrons. The van der Waals surface area contributed by atoms with Crippen LogP contribution in [-0.2, 0) is 0 Å². The van der Waals surface area contributed by atoms with E-state index in [0.717, 1.165) is 28.1 Å². The minimum Gasteiger partial charge on any atom is -0.490 e.